The van der Waals surface area contributed by atoms with Crippen molar-refractivity contribution in [1.29, 1.82) is 0 Å². The summed E-state index contributed by atoms with van der Waals surface area (Å²) < 4.78 is 0. The summed E-state index contributed by atoms with van der Waals surface area (Å²) in [5, 5.41) is 9.80. The monoisotopic (exact) mass is 317 g/mol. The number of aliphatic carboxylic acids is 1. The molecule has 0 aromatic heterocycles. The molecule has 120 valence electrons. The molecule has 0 spiro atoms. The van der Waals surface area contributed by atoms with Crippen molar-refractivity contribution >= 4 is 17.2 Å². The van der Waals surface area contributed by atoms with Gasteiger partial charge >= 0.3 is 5.97 Å². The fourth-order valence-electron chi connectivity index (χ4n) is 3.69. The molecular formula is C21H19NO2. The Morgan fingerprint density at radius 2 is 1.79 bits per heavy atom. The second-order valence-electron chi connectivity index (χ2n) is 6.23. The van der Waals surface area contributed by atoms with E-state index < -0.39 is 5.97 Å². The first-order valence-electron chi connectivity index (χ1n) is 8.33. The predicted molar refractivity (Wildman–Crippen MR) is 95.6 cm³/mol. The van der Waals surface area contributed by atoms with Crippen LogP contribution < -0.4 is 4.90 Å². The molecule has 0 atom stereocenters. The van der Waals surface area contributed by atoms with Gasteiger partial charge < -0.3 is 10.0 Å². The Balaban J connectivity index is 1.89. The molecule has 1 aliphatic heterocycles. The van der Waals surface area contributed by atoms with E-state index in [0.29, 0.717) is 5.57 Å². The highest BCUT2D eigenvalue weighted by Gasteiger charge is 2.32. The number of carbonyl (C=O) groups is 1. The standard InChI is InChI=1S/C21H19NO2/c23-21(24)20-16-10-4-6-12-18(16)22(14-15-8-2-1-3-9-15)19-13-7-5-11-17(19)20/h1-4,6,8-10,12-13H,5,7,11,14H2,(H,23,24). The van der Waals surface area contributed by atoms with E-state index in [4.69, 9.17) is 0 Å². The first-order chi connectivity index (χ1) is 11.8. The summed E-state index contributed by atoms with van der Waals surface area (Å²) in [6.07, 6.45) is 5.03. The van der Waals surface area contributed by atoms with E-state index in [2.05, 4.69) is 23.1 Å². The molecule has 0 bridgehead atoms. The minimum absolute atomic E-state index is 0.473. The van der Waals surface area contributed by atoms with Gasteiger partial charge in [-0.3, -0.25) is 0 Å². The van der Waals surface area contributed by atoms with Crippen LogP contribution in [0.5, 0.6) is 0 Å². The van der Waals surface area contributed by atoms with E-state index in [1.807, 2.05) is 42.5 Å². The van der Waals surface area contributed by atoms with Crippen LogP contribution in [0.4, 0.5) is 5.69 Å². The van der Waals surface area contributed by atoms with E-state index in [-0.39, 0.29) is 0 Å². The summed E-state index contributed by atoms with van der Waals surface area (Å²) in [6, 6.07) is 18.2. The van der Waals surface area contributed by atoms with Crippen LogP contribution in [0.15, 0.2) is 71.9 Å². The van der Waals surface area contributed by atoms with Gasteiger partial charge in [0.2, 0.25) is 0 Å². The summed E-state index contributed by atoms with van der Waals surface area (Å²) in [7, 11) is 0. The highest BCUT2D eigenvalue weighted by Crippen LogP contribution is 2.44. The molecule has 0 radical (unpaired) electrons. The molecule has 0 unspecified atom stereocenters. The van der Waals surface area contributed by atoms with Gasteiger partial charge in [-0.15, -0.1) is 0 Å². The number of benzene rings is 2. The van der Waals surface area contributed by atoms with E-state index in [1.165, 1.54) is 5.56 Å². The van der Waals surface area contributed by atoms with E-state index >= 15 is 0 Å². The maximum absolute atomic E-state index is 11.9. The molecule has 1 N–H and O–H groups in total. The van der Waals surface area contributed by atoms with Gasteiger partial charge in [-0.05, 0) is 36.5 Å². The van der Waals surface area contributed by atoms with Gasteiger partial charge in [0.1, 0.15) is 0 Å². The van der Waals surface area contributed by atoms with Crippen LogP contribution >= 0.6 is 0 Å². The molecule has 0 saturated heterocycles. The van der Waals surface area contributed by atoms with Crippen LogP contribution in [-0.4, -0.2) is 11.1 Å². The molecule has 0 saturated carbocycles. The van der Waals surface area contributed by atoms with Crippen molar-refractivity contribution in [2.75, 3.05) is 4.90 Å². The molecule has 4 rings (SSSR count). The van der Waals surface area contributed by atoms with Crippen molar-refractivity contribution in [3.63, 3.8) is 0 Å². The number of hydrogen-bond acceptors (Lipinski definition) is 2. The molecule has 2 aliphatic rings. The predicted octanol–water partition coefficient (Wildman–Crippen LogP) is 4.61. The van der Waals surface area contributed by atoms with E-state index in [9.17, 15) is 9.90 Å². The van der Waals surface area contributed by atoms with Crippen molar-refractivity contribution in [2.24, 2.45) is 0 Å². The van der Waals surface area contributed by atoms with Crippen LogP contribution in [0.1, 0.15) is 30.4 Å². The number of anilines is 1. The average Bonchev–Trinajstić information content (AvgIpc) is 2.62. The highest BCUT2D eigenvalue weighted by atomic mass is 16.4. The Bertz CT molecular complexity index is 849. The van der Waals surface area contributed by atoms with Crippen molar-refractivity contribution in [3.05, 3.63) is 83.1 Å². The average molecular weight is 317 g/mol. The number of para-hydroxylation sites is 1. The number of rotatable bonds is 3. The van der Waals surface area contributed by atoms with Crippen LogP contribution in [-0.2, 0) is 11.3 Å². The zero-order chi connectivity index (χ0) is 16.5. The van der Waals surface area contributed by atoms with Crippen LogP contribution in [0.2, 0.25) is 0 Å². The van der Waals surface area contributed by atoms with Gasteiger partial charge in [-0.2, -0.15) is 0 Å². The van der Waals surface area contributed by atoms with Gasteiger partial charge in [-0.1, -0.05) is 54.6 Å². The topological polar surface area (TPSA) is 40.5 Å². The molecular weight excluding hydrogens is 298 g/mol. The molecule has 2 aromatic rings. The lowest BCUT2D eigenvalue weighted by atomic mass is 9.85. The highest BCUT2D eigenvalue weighted by molar-refractivity contribution is 6.20. The van der Waals surface area contributed by atoms with Crippen LogP contribution in [0, 0.1) is 0 Å². The summed E-state index contributed by atoms with van der Waals surface area (Å²) in [4.78, 5) is 14.2. The largest absolute Gasteiger partial charge is 0.478 e. The Hall–Kier alpha value is -2.81. The first kappa shape index (κ1) is 14.8. The fraction of sp³-hybridized carbons (Fsp3) is 0.190. The van der Waals surface area contributed by atoms with Gasteiger partial charge in [0.05, 0.1) is 5.57 Å². The van der Waals surface area contributed by atoms with Crippen molar-refractivity contribution < 1.29 is 9.90 Å². The third kappa shape index (κ3) is 2.42. The van der Waals surface area contributed by atoms with E-state index in [1.54, 1.807) is 0 Å². The smallest absolute Gasteiger partial charge is 0.336 e. The minimum Gasteiger partial charge on any atom is -0.478 e. The second kappa shape index (κ2) is 6.00. The molecule has 2 aromatic carbocycles. The van der Waals surface area contributed by atoms with Gasteiger partial charge in [0.15, 0.2) is 0 Å². The van der Waals surface area contributed by atoms with Gasteiger partial charge in [0.25, 0.3) is 0 Å². The lowest BCUT2D eigenvalue weighted by Crippen LogP contribution is -2.30. The molecule has 0 amide bonds. The minimum atomic E-state index is -0.829. The zero-order valence-corrected chi connectivity index (χ0v) is 13.4. The van der Waals surface area contributed by atoms with Crippen LogP contribution in [0.3, 0.4) is 0 Å². The zero-order valence-electron chi connectivity index (χ0n) is 13.4. The number of nitrogens with zero attached hydrogens (tertiary/aromatic N) is 1. The molecule has 3 nitrogen and oxygen atoms in total. The number of carboxylic acid groups (broad SMARTS) is 1. The molecule has 24 heavy (non-hydrogen) atoms. The van der Waals surface area contributed by atoms with Gasteiger partial charge in [-0.25, -0.2) is 4.79 Å². The maximum Gasteiger partial charge on any atom is 0.336 e. The summed E-state index contributed by atoms with van der Waals surface area (Å²) >= 11 is 0. The fourth-order valence-corrected chi connectivity index (χ4v) is 3.69. The normalized spacial score (nSPS) is 16.3. The number of carboxylic acids is 1. The number of hydrogen-bond donors (Lipinski definition) is 1. The second-order valence-corrected chi connectivity index (χ2v) is 6.23. The summed E-state index contributed by atoms with van der Waals surface area (Å²) in [5.74, 6) is -0.829. The van der Waals surface area contributed by atoms with Crippen molar-refractivity contribution in [3.8, 4) is 0 Å². The van der Waals surface area contributed by atoms with Crippen LogP contribution in [0.25, 0.3) is 5.57 Å². The Morgan fingerprint density at radius 1 is 1.04 bits per heavy atom. The molecule has 1 aliphatic carbocycles. The quantitative estimate of drug-likeness (QED) is 0.898. The molecule has 3 heteroatoms. The number of allylic oxidation sites excluding steroid dienone is 2. The SMILES string of the molecule is O=C(O)C1=C2CCCC=C2N(Cc2ccccc2)c2ccccc21. The van der Waals surface area contributed by atoms with E-state index in [0.717, 1.165) is 48.3 Å². The van der Waals surface area contributed by atoms with Crippen molar-refractivity contribution in [1.82, 2.24) is 0 Å². The first-order valence-corrected chi connectivity index (χ1v) is 8.33. The third-order valence-corrected chi connectivity index (χ3v) is 4.73. The number of fused-ring (bicyclic) bond motifs is 2. The van der Waals surface area contributed by atoms with Gasteiger partial charge in [0, 0.05) is 23.5 Å². The maximum atomic E-state index is 11.9. The summed E-state index contributed by atoms with van der Waals surface area (Å²) in [6.45, 7) is 0.750. The van der Waals surface area contributed by atoms with Crippen molar-refractivity contribution in [2.45, 2.75) is 25.8 Å². The lowest BCUT2D eigenvalue weighted by molar-refractivity contribution is -0.130. The molecule has 0 fully saturated rings. The Kier molecular flexibility index (Phi) is 3.69. The Morgan fingerprint density at radius 3 is 2.58 bits per heavy atom. The molecule has 1 heterocycles. The Labute approximate surface area is 141 Å². The third-order valence-electron chi connectivity index (χ3n) is 4.73. The summed E-state index contributed by atoms with van der Waals surface area (Å²) in [5.41, 5.74) is 5.55. The lowest BCUT2D eigenvalue weighted by Gasteiger charge is -2.37.